The van der Waals surface area contributed by atoms with Crippen LogP contribution in [0.1, 0.15) is 41.4 Å². The summed E-state index contributed by atoms with van der Waals surface area (Å²) in [4.78, 5) is 82.4. The van der Waals surface area contributed by atoms with E-state index in [1.165, 1.54) is 24.3 Å². The van der Waals surface area contributed by atoms with Crippen LogP contribution in [-0.2, 0) is 0 Å². The number of nitrogens with zero attached hydrogens (tertiary/aromatic N) is 5. The number of aromatic amines is 1. The van der Waals surface area contributed by atoms with E-state index in [2.05, 4.69) is 9.97 Å². The number of amides is 4. The van der Waals surface area contributed by atoms with Crippen LogP contribution in [0.25, 0.3) is 22.4 Å². The number of hydrogen-bond donors (Lipinski definition) is 1. The molecule has 4 amide bonds. The van der Waals surface area contributed by atoms with Gasteiger partial charge in [0.2, 0.25) is 0 Å². The van der Waals surface area contributed by atoms with Gasteiger partial charge in [-0.15, -0.1) is 0 Å². The van der Waals surface area contributed by atoms with Crippen LogP contribution in [0, 0.1) is 20.2 Å². The molecular formula is C29H14N6O8. The Labute approximate surface area is 239 Å². The molecule has 4 aromatic carbocycles. The zero-order valence-electron chi connectivity index (χ0n) is 21.5. The van der Waals surface area contributed by atoms with Crippen LogP contribution >= 0.6 is 0 Å². The number of aromatic nitrogens is 2. The van der Waals surface area contributed by atoms with E-state index in [0.717, 1.165) is 21.9 Å². The second kappa shape index (κ2) is 8.97. The number of nitrogens with one attached hydrogen (secondary N) is 1. The molecular weight excluding hydrogens is 560 g/mol. The summed E-state index contributed by atoms with van der Waals surface area (Å²) in [6.07, 6.45) is 0. The van der Waals surface area contributed by atoms with Crippen LogP contribution < -0.4 is 9.80 Å². The molecule has 7 rings (SSSR count). The maximum atomic E-state index is 13.0. The maximum Gasteiger partial charge on any atom is 0.270 e. The number of nitro benzene ring substituents is 2. The number of imidazole rings is 1. The highest BCUT2D eigenvalue weighted by atomic mass is 16.6. The van der Waals surface area contributed by atoms with Crippen molar-refractivity contribution >= 4 is 57.4 Å². The van der Waals surface area contributed by atoms with E-state index < -0.39 is 33.5 Å². The van der Waals surface area contributed by atoms with Gasteiger partial charge in [-0.3, -0.25) is 39.4 Å². The lowest BCUT2D eigenvalue weighted by Crippen LogP contribution is -2.29. The highest BCUT2D eigenvalue weighted by Gasteiger charge is 2.39. The smallest absolute Gasteiger partial charge is 0.270 e. The van der Waals surface area contributed by atoms with Gasteiger partial charge >= 0.3 is 0 Å². The Morgan fingerprint density at radius 3 is 1.60 bits per heavy atom. The molecule has 14 nitrogen and oxygen atoms in total. The van der Waals surface area contributed by atoms with E-state index in [4.69, 9.17) is 0 Å². The number of fused-ring (bicyclic) bond motifs is 3. The first-order valence-corrected chi connectivity index (χ1v) is 12.6. The average Bonchev–Trinajstić information content (AvgIpc) is 3.62. The first-order valence-electron chi connectivity index (χ1n) is 12.6. The molecule has 5 aromatic rings. The van der Waals surface area contributed by atoms with Crippen LogP contribution in [0.2, 0.25) is 0 Å². The van der Waals surface area contributed by atoms with Gasteiger partial charge in [0.15, 0.2) is 0 Å². The van der Waals surface area contributed by atoms with Gasteiger partial charge in [-0.1, -0.05) is 0 Å². The van der Waals surface area contributed by atoms with Gasteiger partial charge in [-0.25, -0.2) is 14.8 Å². The number of carbonyl (C=O) groups is 4. The Bertz CT molecular complexity index is 2140. The summed E-state index contributed by atoms with van der Waals surface area (Å²) in [7, 11) is 0. The Balaban J connectivity index is 1.16. The lowest BCUT2D eigenvalue weighted by molar-refractivity contribution is -0.385. The van der Waals surface area contributed by atoms with E-state index in [1.807, 2.05) is 0 Å². The van der Waals surface area contributed by atoms with Gasteiger partial charge in [-0.2, -0.15) is 0 Å². The number of non-ortho nitro benzene ring substituents is 2. The predicted octanol–water partition coefficient (Wildman–Crippen LogP) is 4.65. The summed E-state index contributed by atoms with van der Waals surface area (Å²) in [6, 6.07) is 18.1. The number of carbonyl (C=O) groups excluding carboxylic acids is 4. The van der Waals surface area contributed by atoms with Crippen molar-refractivity contribution in [2.75, 3.05) is 9.80 Å². The largest absolute Gasteiger partial charge is 0.338 e. The predicted molar refractivity (Wildman–Crippen MR) is 150 cm³/mol. The van der Waals surface area contributed by atoms with Gasteiger partial charge in [0.1, 0.15) is 5.82 Å². The number of anilines is 2. The second-order valence-corrected chi connectivity index (χ2v) is 9.70. The van der Waals surface area contributed by atoms with Crippen LogP contribution in [0.5, 0.6) is 0 Å². The van der Waals surface area contributed by atoms with Gasteiger partial charge < -0.3 is 4.98 Å². The minimum Gasteiger partial charge on any atom is -0.338 e. The molecule has 2 aliphatic rings. The van der Waals surface area contributed by atoms with Crippen molar-refractivity contribution < 1.29 is 29.0 Å². The minimum atomic E-state index is -0.679. The number of benzene rings is 4. The fourth-order valence-corrected chi connectivity index (χ4v) is 5.20. The Kier molecular flexibility index (Phi) is 5.30. The Morgan fingerprint density at radius 2 is 1.07 bits per heavy atom. The molecule has 0 fully saturated rings. The zero-order chi connectivity index (χ0) is 30.2. The number of nitro groups is 2. The van der Waals surface area contributed by atoms with Crippen molar-refractivity contribution in [1.82, 2.24) is 9.97 Å². The highest BCUT2D eigenvalue weighted by molar-refractivity contribution is 6.35. The number of rotatable bonds is 5. The van der Waals surface area contributed by atoms with Crippen molar-refractivity contribution in [2.45, 2.75) is 0 Å². The van der Waals surface area contributed by atoms with Crippen LogP contribution in [0.3, 0.4) is 0 Å². The molecule has 0 spiro atoms. The number of hydrogen-bond acceptors (Lipinski definition) is 9. The van der Waals surface area contributed by atoms with Gasteiger partial charge in [0.05, 0.1) is 54.5 Å². The van der Waals surface area contributed by atoms with Crippen molar-refractivity contribution in [1.29, 1.82) is 0 Å². The van der Waals surface area contributed by atoms with Crippen molar-refractivity contribution in [3.63, 3.8) is 0 Å². The van der Waals surface area contributed by atoms with E-state index in [-0.39, 0.29) is 45.0 Å². The normalized spacial score (nSPS) is 14.0. The van der Waals surface area contributed by atoms with Crippen LogP contribution in [-0.4, -0.2) is 43.4 Å². The Morgan fingerprint density at radius 1 is 0.581 bits per heavy atom. The first kappa shape index (κ1) is 25.4. The Hall–Kier alpha value is -6.57. The molecule has 208 valence electrons. The summed E-state index contributed by atoms with van der Waals surface area (Å²) in [5.74, 6) is -2.12. The van der Waals surface area contributed by atoms with Crippen LogP contribution in [0.4, 0.5) is 22.7 Å². The molecule has 3 heterocycles. The molecule has 2 aliphatic heterocycles. The van der Waals surface area contributed by atoms with Crippen molar-refractivity contribution in [2.24, 2.45) is 0 Å². The summed E-state index contributed by atoms with van der Waals surface area (Å²) in [6.45, 7) is 0. The molecule has 0 bridgehead atoms. The minimum absolute atomic E-state index is 0.0485. The van der Waals surface area contributed by atoms with Crippen molar-refractivity contribution in [3.8, 4) is 11.4 Å². The van der Waals surface area contributed by atoms with E-state index >= 15 is 0 Å². The maximum absolute atomic E-state index is 13.0. The summed E-state index contributed by atoms with van der Waals surface area (Å²) in [5, 5.41) is 22.2. The molecule has 0 unspecified atom stereocenters. The fraction of sp³-hybridized carbons (Fsp3) is 0. The molecule has 1 N–H and O–H groups in total. The third-order valence-electron chi connectivity index (χ3n) is 7.28. The molecule has 43 heavy (non-hydrogen) atoms. The standard InChI is InChI=1S/C29H14N6O8/c36-26-19-8-5-17(34(40)41)11-21(19)28(38)32(26)15-3-1-14(2-4-15)25-30-23-10-7-16(13-24(23)31-25)33-27(37)20-9-6-18(35(42)43)12-22(20)29(33)39/h1-13H,(H,30,31). The zero-order valence-corrected chi connectivity index (χ0v) is 21.5. The van der Waals surface area contributed by atoms with Crippen molar-refractivity contribution in [3.05, 3.63) is 121 Å². The summed E-state index contributed by atoms with van der Waals surface area (Å²) >= 11 is 0. The molecule has 0 atom stereocenters. The van der Waals surface area contributed by atoms with Gasteiger partial charge in [0, 0.05) is 29.8 Å². The summed E-state index contributed by atoms with van der Waals surface area (Å²) in [5.41, 5.74) is 1.58. The first-order chi connectivity index (χ1) is 20.6. The third kappa shape index (κ3) is 3.77. The monoisotopic (exact) mass is 574 g/mol. The topological polar surface area (TPSA) is 190 Å². The van der Waals surface area contributed by atoms with Gasteiger partial charge in [-0.05, 0) is 54.6 Å². The molecule has 0 radical (unpaired) electrons. The molecule has 0 saturated carbocycles. The quantitative estimate of drug-likeness (QED) is 0.177. The van der Waals surface area contributed by atoms with E-state index in [0.29, 0.717) is 22.4 Å². The van der Waals surface area contributed by atoms with E-state index in [9.17, 15) is 39.4 Å². The number of H-pyrrole nitrogens is 1. The van der Waals surface area contributed by atoms with Crippen LogP contribution in [0.15, 0.2) is 78.9 Å². The second-order valence-electron chi connectivity index (χ2n) is 9.70. The SMILES string of the molecule is O=C1c2ccc([N+](=O)[O-])cc2C(=O)N1c1ccc(-c2nc3ccc(N4C(=O)c5ccc([N+](=O)[O-])cc5C4=O)cc3[nH]2)cc1. The summed E-state index contributed by atoms with van der Waals surface area (Å²) < 4.78 is 0. The molecule has 0 aliphatic carbocycles. The van der Waals surface area contributed by atoms with E-state index in [1.54, 1.807) is 42.5 Å². The van der Waals surface area contributed by atoms with Gasteiger partial charge in [0.25, 0.3) is 35.0 Å². The lowest BCUT2D eigenvalue weighted by atomic mass is 10.1. The fourth-order valence-electron chi connectivity index (χ4n) is 5.20. The highest BCUT2D eigenvalue weighted by Crippen LogP contribution is 2.34. The third-order valence-corrected chi connectivity index (χ3v) is 7.28. The molecule has 0 saturated heterocycles. The number of imide groups is 2. The molecule has 1 aromatic heterocycles. The molecule has 14 heteroatoms. The lowest BCUT2D eigenvalue weighted by Gasteiger charge is -2.14. The average molecular weight is 574 g/mol.